The van der Waals surface area contributed by atoms with E-state index in [-0.39, 0.29) is 11.4 Å². The predicted octanol–water partition coefficient (Wildman–Crippen LogP) is 6.02. The van der Waals surface area contributed by atoms with Gasteiger partial charge in [0.25, 0.3) is 11.4 Å². The summed E-state index contributed by atoms with van der Waals surface area (Å²) < 4.78 is 0.334. The molecule has 29 heavy (non-hydrogen) atoms. The average molecular weight is 517 g/mol. The van der Waals surface area contributed by atoms with Gasteiger partial charge in [0.15, 0.2) is 11.4 Å². The Labute approximate surface area is 181 Å². The molecule has 2 unspecified atom stereocenters. The van der Waals surface area contributed by atoms with Crippen LogP contribution in [0, 0.1) is 33.4 Å². The van der Waals surface area contributed by atoms with E-state index in [1.165, 1.54) is 43.4 Å². The summed E-state index contributed by atoms with van der Waals surface area (Å²) in [4.78, 5) is 26.4. The van der Waals surface area contributed by atoms with Gasteiger partial charge in [0, 0.05) is 19.6 Å². The number of nitrogens with one attached hydrogen (secondary N) is 1. The number of anilines is 1. The van der Waals surface area contributed by atoms with Crippen molar-refractivity contribution >= 4 is 69.7 Å². The van der Waals surface area contributed by atoms with Gasteiger partial charge in [0.1, 0.15) is 5.69 Å². The number of nitro groups is 2. The van der Waals surface area contributed by atoms with Crippen LogP contribution in [0.1, 0.15) is 0 Å². The molecule has 0 fully saturated rings. The summed E-state index contributed by atoms with van der Waals surface area (Å²) >= 11 is 3.00. The summed E-state index contributed by atoms with van der Waals surface area (Å²) in [6.07, 6.45) is 0. The maximum atomic E-state index is 10.7. The lowest BCUT2D eigenvalue weighted by atomic mass is 10.2. The molecule has 0 aliphatic rings. The topological polar surface area (TPSA) is 133 Å². The molecule has 0 saturated carbocycles. The highest BCUT2D eigenvalue weighted by Gasteiger charge is 2.14. The molecule has 10 nitrogen and oxygen atoms in total. The van der Waals surface area contributed by atoms with Crippen molar-refractivity contribution in [1.29, 1.82) is 0 Å². The van der Waals surface area contributed by atoms with Crippen molar-refractivity contribution < 1.29 is 9.85 Å². The van der Waals surface area contributed by atoms with E-state index in [1.54, 1.807) is 0 Å². The summed E-state index contributed by atoms with van der Waals surface area (Å²) in [6.45, 7) is 13.5. The molecule has 14 heteroatoms. The number of hydrogen-bond donors (Lipinski definition) is 2. The van der Waals surface area contributed by atoms with Crippen molar-refractivity contribution in [2.24, 2.45) is 5.73 Å². The number of benzene rings is 2. The van der Waals surface area contributed by atoms with Crippen molar-refractivity contribution in [3.63, 3.8) is 0 Å². The first-order chi connectivity index (χ1) is 13.7. The first-order valence-electron chi connectivity index (χ1n) is 7.30. The molecule has 0 aliphatic carbocycles. The van der Waals surface area contributed by atoms with Crippen LogP contribution < -0.4 is 10.8 Å². The zero-order valence-corrected chi connectivity index (χ0v) is 19.7. The van der Waals surface area contributed by atoms with Gasteiger partial charge >= 0.3 is 0 Å². The molecule has 0 amide bonds. The van der Waals surface area contributed by atoms with Gasteiger partial charge in [-0.2, -0.15) is 0 Å². The summed E-state index contributed by atoms with van der Waals surface area (Å²) in [7, 11) is 5.86. The van der Waals surface area contributed by atoms with E-state index in [0.717, 1.165) is 0 Å². The molecule has 2 rings (SSSR count). The number of halogens is 1. The molecule has 0 radical (unpaired) electrons. The zero-order chi connectivity index (χ0) is 22.6. The van der Waals surface area contributed by atoms with Crippen LogP contribution in [-0.4, -0.2) is 16.9 Å². The molecule has 0 heterocycles. The summed E-state index contributed by atoms with van der Waals surface area (Å²) in [5.74, 6) is 0. The van der Waals surface area contributed by atoms with Gasteiger partial charge in [-0.05, 0) is 47.2 Å². The summed E-state index contributed by atoms with van der Waals surface area (Å²) in [5, 5.41) is 23.9. The second kappa shape index (κ2) is 13.8. The number of nitrogens with zero attached hydrogens (tertiary/aromatic N) is 4. The lowest BCUT2D eigenvalue weighted by Gasteiger charge is -2.09. The minimum absolute atomic E-state index is 0.0141. The summed E-state index contributed by atoms with van der Waals surface area (Å²) in [5.41, 5.74) is 5.61. The molecular weight excluding hydrogens is 501 g/mol. The molecular formula is C15H16BrN6O4P3. The standard InChI is InChI=1S/C7H3BrN2O2.C7H8N3O2P3.CH5N/c1-9-5-2-3-7(10(11)12)6(8)4-5;1-8-5-2-3-7(10(11)12)6(4-5)9-15(13)14;1-2/h2-4H;2-4,9H,13-14H2;2H2,1H3. The van der Waals surface area contributed by atoms with Crippen LogP contribution in [0.3, 0.4) is 0 Å². The van der Waals surface area contributed by atoms with Gasteiger partial charge in [-0.25, -0.2) is 9.69 Å². The van der Waals surface area contributed by atoms with Crippen LogP contribution in [0.5, 0.6) is 0 Å². The van der Waals surface area contributed by atoms with Gasteiger partial charge in [-0.3, -0.25) is 20.2 Å². The van der Waals surface area contributed by atoms with Crippen LogP contribution in [0.15, 0.2) is 40.9 Å². The Hall–Kier alpha value is -2.25. The fourth-order valence-electron chi connectivity index (χ4n) is 1.69. The van der Waals surface area contributed by atoms with E-state index >= 15 is 0 Å². The highest BCUT2D eigenvalue weighted by molar-refractivity contribution is 9.10. The third-order valence-corrected chi connectivity index (χ3v) is 4.72. The minimum Gasteiger partial charge on any atom is -0.354 e. The lowest BCUT2D eigenvalue weighted by molar-refractivity contribution is -0.385. The molecule has 2 aromatic rings. The van der Waals surface area contributed by atoms with E-state index in [1.807, 2.05) is 0 Å². The fraction of sp³-hybridized carbons (Fsp3) is 0.0667. The van der Waals surface area contributed by atoms with E-state index < -0.39 is 17.3 Å². The normalized spacial score (nSPS) is 8.97. The average Bonchev–Trinajstić information content (AvgIpc) is 2.68. The summed E-state index contributed by atoms with van der Waals surface area (Å²) in [6, 6.07) is 8.39. The monoisotopic (exact) mass is 516 g/mol. The Bertz CT molecular complexity index is 962. The number of nitrogens with two attached hydrogens (primary N) is 1. The quantitative estimate of drug-likeness (QED) is 0.221. The maximum Gasteiger partial charge on any atom is 0.290 e. The molecule has 3 N–H and O–H groups in total. The van der Waals surface area contributed by atoms with Crippen LogP contribution in [0.25, 0.3) is 9.69 Å². The molecule has 0 aliphatic heterocycles. The number of rotatable bonds is 4. The van der Waals surface area contributed by atoms with Crippen molar-refractivity contribution in [2.45, 2.75) is 0 Å². The number of nitro benzene ring substituents is 2. The second-order valence-corrected chi connectivity index (χ2v) is 11.6. The smallest absolute Gasteiger partial charge is 0.290 e. The second-order valence-electron chi connectivity index (χ2n) is 4.59. The largest absolute Gasteiger partial charge is 0.354 e. The Kier molecular flexibility index (Phi) is 12.8. The first kappa shape index (κ1) is 26.8. The Balaban J connectivity index is 0.000000508. The lowest BCUT2D eigenvalue weighted by Crippen LogP contribution is -1.93. The van der Waals surface area contributed by atoms with Gasteiger partial charge in [-0.15, -0.1) is 0 Å². The molecule has 0 aromatic heterocycles. The van der Waals surface area contributed by atoms with Crippen LogP contribution in [0.2, 0.25) is 0 Å². The van der Waals surface area contributed by atoms with Crippen LogP contribution in [-0.2, 0) is 0 Å². The number of hydrogen-bond acceptors (Lipinski definition) is 6. The highest BCUT2D eigenvalue weighted by Crippen LogP contribution is 2.53. The predicted molar refractivity (Wildman–Crippen MR) is 126 cm³/mol. The van der Waals surface area contributed by atoms with Gasteiger partial charge < -0.3 is 10.8 Å². The van der Waals surface area contributed by atoms with Gasteiger partial charge in [0.05, 0.1) is 27.5 Å². The third kappa shape index (κ3) is 9.19. The molecule has 2 atom stereocenters. The third-order valence-electron chi connectivity index (χ3n) is 2.81. The van der Waals surface area contributed by atoms with Crippen molar-refractivity contribution in [3.8, 4) is 0 Å². The molecule has 0 bridgehead atoms. The van der Waals surface area contributed by atoms with Crippen LogP contribution in [0.4, 0.5) is 28.4 Å². The van der Waals surface area contributed by atoms with Crippen molar-refractivity contribution in [2.75, 3.05) is 12.1 Å². The van der Waals surface area contributed by atoms with E-state index in [2.05, 4.69) is 54.3 Å². The molecule has 152 valence electrons. The molecule has 0 spiro atoms. The van der Waals surface area contributed by atoms with Gasteiger partial charge in [0.2, 0.25) is 0 Å². The minimum atomic E-state index is -0.659. The molecule has 0 saturated heterocycles. The zero-order valence-electron chi connectivity index (χ0n) is 14.9. The van der Waals surface area contributed by atoms with Crippen LogP contribution >= 0.6 is 41.2 Å². The Morgan fingerprint density at radius 2 is 1.45 bits per heavy atom. The fourth-order valence-corrected chi connectivity index (χ4v) is 3.50. The Morgan fingerprint density at radius 3 is 1.83 bits per heavy atom. The van der Waals surface area contributed by atoms with Crippen molar-refractivity contribution in [3.05, 3.63) is 83.9 Å². The van der Waals surface area contributed by atoms with E-state index in [4.69, 9.17) is 13.1 Å². The molecule has 2 aromatic carbocycles. The highest BCUT2D eigenvalue weighted by atomic mass is 79.9. The van der Waals surface area contributed by atoms with Crippen molar-refractivity contribution in [1.82, 2.24) is 0 Å². The SMILES string of the molecule is CN.[C-]#[N+]c1ccc([N+](=O)[O-])c(Br)c1.[C-]#[N+]c1ccc([N+](=O)[O-])c(NP(P)P)c1. The van der Waals surface area contributed by atoms with E-state index in [9.17, 15) is 20.2 Å². The van der Waals surface area contributed by atoms with Gasteiger partial charge in [-0.1, -0.05) is 17.9 Å². The Morgan fingerprint density at radius 1 is 1.00 bits per heavy atom. The maximum absolute atomic E-state index is 10.7. The van der Waals surface area contributed by atoms with E-state index in [0.29, 0.717) is 21.5 Å². The first-order valence-corrected chi connectivity index (χ1v) is 12.7.